The summed E-state index contributed by atoms with van der Waals surface area (Å²) in [6, 6.07) is 0. The second-order valence-corrected chi connectivity index (χ2v) is 2.63. The Bertz CT molecular complexity index is 187. The molecule has 1 nitrogen and oxygen atoms in total. The van der Waals surface area contributed by atoms with Crippen molar-refractivity contribution in [2.24, 2.45) is 11.8 Å². The van der Waals surface area contributed by atoms with Crippen LogP contribution in [-0.4, -0.2) is 5.78 Å². The van der Waals surface area contributed by atoms with E-state index in [0.717, 1.165) is 6.42 Å². The number of carbonyl (C=O) groups is 1. The lowest BCUT2D eigenvalue weighted by molar-refractivity contribution is -0.121. The quantitative estimate of drug-likeness (QED) is 0.440. The van der Waals surface area contributed by atoms with Crippen LogP contribution in [0.15, 0.2) is 24.3 Å². The largest absolute Gasteiger partial charge is 0.299 e. The van der Waals surface area contributed by atoms with Gasteiger partial charge in [0.1, 0.15) is 5.78 Å². The highest BCUT2D eigenvalue weighted by Gasteiger charge is 2.24. The van der Waals surface area contributed by atoms with Crippen molar-refractivity contribution in [2.45, 2.75) is 6.42 Å². The Morgan fingerprint density at radius 2 is 1.89 bits per heavy atom. The normalized spacial score (nSPS) is 38.0. The Balaban J connectivity index is 2.40. The third kappa shape index (κ3) is 0.645. The van der Waals surface area contributed by atoms with Crippen molar-refractivity contribution in [3.63, 3.8) is 0 Å². The summed E-state index contributed by atoms with van der Waals surface area (Å²) in [4.78, 5) is 11.0. The lowest BCUT2D eigenvalue weighted by Crippen LogP contribution is -2.22. The Hall–Kier alpha value is -0.850. The molecular weight excluding hydrogens is 112 g/mol. The molecule has 0 saturated carbocycles. The van der Waals surface area contributed by atoms with E-state index < -0.39 is 0 Å². The van der Waals surface area contributed by atoms with Gasteiger partial charge in [0.2, 0.25) is 0 Å². The molecule has 0 saturated heterocycles. The first-order chi connectivity index (χ1) is 4.36. The number of allylic oxidation sites excluding steroid dienone is 4. The zero-order chi connectivity index (χ0) is 6.27. The molecule has 0 unspecified atom stereocenters. The predicted octanol–water partition coefficient (Wildman–Crippen LogP) is 1.32. The van der Waals surface area contributed by atoms with Gasteiger partial charge in [-0.3, -0.25) is 4.79 Å². The molecule has 0 fully saturated rings. The maximum atomic E-state index is 11.0. The summed E-state index contributed by atoms with van der Waals surface area (Å²) < 4.78 is 0. The van der Waals surface area contributed by atoms with Crippen molar-refractivity contribution in [3.05, 3.63) is 24.3 Å². The Morgan fingerprint density at radius 1 is 1.22 bits per heavy atom. The molecule has 3 rings (SSSR count). The van der Waals surface area contributed by atoms with Crippen LogP contribution in [0.2, 0.25) is 0 Å². The molecule has 0 N–H and O–H groups in total. The zero-order valence-electron chi connectivity index (χ0n) is 5.08. The fourth-order valence-electron chi connectivity index (χ4n) is 1.37. The first-order valence-electron chi connectivity index (χ1n) is 3.25. The van der Waals surface area contributed by atoms with E-state index in [1.54, 1.807) is 0 Å². The molecule has 0 spiro atoms. The molecule has 2 bridgehead atoms. The smallest absolute Gasteiger partial charge is 0.144 e. The van der Waals surface area contributed by atoms with Crippen molar-refractivity contribution in [1.29, 1.82) is 0 Å². The van der Waals surface area contributed by atoms with Crippen molar-refractivity contribution >= 4 is 5.78 Å². The van der Waals surface area contributed by atoms with Crippen LogP contribution in [0, 0.1) is 11.8 Å². The summed E-state index contributed by atoms with van der Waals surface area (Å²) in [5.41, 5.74) is 0. The van der Waals surface area contributed by atoms with E-state index in [-0.39, 0.29) is 5.92 Å². The minimum absolute atomic E-state index is 0.120. The number of Topliss-reactive ketones (excluding diaryl/α,β-unsaturated/α-hetero) is 1. The van der Waals surface area contributed by atoms with Gasteiger partial charge in [-0.05, 0) is 0 Å². The highest BCUT2D eigenvalue weighted by atomic mass is 16.1. The maximum absolute atomic E-state index is 11.0. The minimum atomic E-state index is 0.120. The summed E-state index contributed by atoms with van der Waals surface area (Å²) in [6.45, 7) is 0. The second-order valence-electron chi connectivity index (χ2n) is 2.63. The highest BCUT2D eigenvalue weighted by Crippen LogP contribution is 2.26. The molecule has 46 valence electrons. The van der Waals surface area contributed by atoms with Gasteiger partial charge >= 0.3 is 0 Å². The van der Waals surface area contributed by atoms with Crippen LogP contribution in [0.25, 0.3) is 0 Å². The van der Waals surface area contributed by atoms with E-state index in [2.05, 4.69) is 12.2 Å². The Kier molecular flexibility index (Phi) is 0.865. The number of hydrogen-bond acceptors (Lipinski definition) is 1. The van der Waals surface area contributed by atoms with Crippen LogP contribution in [0.5, 0.6) is 0 Å². The predicted molar refractivity (Wildman–Crippen MR) is 34.9 cm³/mol. The summed E-state index contributed by atoms with van der Waals surface area (Å²) in [6.07, 6.45) is 8.96. The van der Waals surface area contributed by atoms with Crippen molar-refractivity contribution in [2.75, 3.05) is 0 Å². The average molecular weight is 120 g/mol. The van der Waals surface area contributed by atoms with Crippen molar-refractivity contribution in [1.82, 2.24) is 0 Å². The fourth-order valence-corrected chi connectivity index (χ4v) is 1.37. The molecule has 0 atom stereocenters. The van der Waals surface area contributed by atoms with Gasteiger partial charge in [-0.15, -0.1) is 0 Å². The van der Waals surface area contributed by atoms with Crippen molar-refractivity contribution in [3.8, 4) is 0 Å². The third-order valence-electron chi connectivity index (χ3n) is 1.94. The number of fused-ring (bicyclic) bond motifs is 1. The first kappa shape index (κ1) is 4.98. The van der Waals surface area contributed by atoms with Crippen LogP contribution in [0.1, 0.15) is 6.42 Å². The number of hydrogen-bond donors (Lipinski definition) is 0. The molecule has 0 aromatic carbocycles. The second kappa shape index (κ2) is 1.56. The summed E-state index contributed by atoms with van der Waals surface area (Å²) >= 11 is 0. The van der Waals surface area contributed by atoms with Gasteiger partial charge in [-0.1, -0.05) is 24.3 Å². The van der Waals surface area contributed by atoms with Crippen molar-refractivity contribution < 1.29 is 4.79 Å². The van der Waals surface area contributed by atoms with Gasteiger partial charge < -0.3 is 0 Å². The summed E-state index contributed by atoms with van der Waals surface area (Å²) in [5, 5.41) is 0. The molecule has 0 amide bonds. The van der Waals surface area contributed by atoms with Gasteiger partial charge in [-0.2, -0.15) is 0 Å². The maximum Gasteiger partial charge on any atom is 0.144 e. The van der Waals surface area contributed by atoms with E-state index in [9.17, 15) is 4.79 Å². The monoisotopic (exact) mass is 120 g/mol. The highest BCUT2D eigenvalue weighted by molar-refractivity contribution is 5.87. The molecule has 3 aliphatic rings. The molecule has 0 aromatic rings. The molecule has 0 aliphatic heterocycles. The van der Waals surface area contributed by atoms with Gasteiger partial charge in [0.25, 0.3) is 0 Å². The van der Waals surface area contributed by atoms with Gasteiger partial charge in [-0.25, -0.2) is 0 Å². The zero-order valence-corrected chi connectivity index (χ0v) is 5.08. The standard InChI is InChI=1S/C8H8O/c9-8-5-6-1-3-7(8)4-2-6/h1-4,6-7H,5H2. The van der Waals surface area contributed by atoms with E-state index in [0.29, 0.717) is 11.7 Å². The SMILES string of the molecule is O=C1CC2C=CC1C=C2. The van der Waals surface area contributed by atoms with Crippen LogP contribution >= 0.6 is 0 Å². The van der Waals surface area contributed by atoms with Crippen LogP contribution in [0.3, 0.4) is 0 Å². The minimum Gasteiger partial charge on any atom is -0.299 e. The topological polar surface area (TPSA) is 17.1 Å². The third-order valence-corrected chi connectivity index (χ3v) is 1.94. The van der Waals surface area contributed by atoms with Crippen LogP contribution in [0.4, 0.5) is 0 Å². The lowest BCUT2D eigenvalue weighted by atomic mass is 9.81. The van der Waals surface area contributed by atoms with E-state index in [1.807, 2.05) is 12.2 Å². The molecule has 3 aliphatic carbocycles. The number of carbonyl (C=O) groups excluding carboxylic acids is 1. The molecule has 9 heavy (non-hydrogen) atoms. The van der Waals surface area contributed by atoms with Crippen LogP contribution in [-0.2, 0) is 4.79 Å². The molecule has 0 heterocycles. The molecule has 0 radical (unpaired) electrons. The average Bonchev–Trinajstić information content (AvgIpc) is 1.90. The van der Waals surface area contributed by atoms with E-state index in [1.165, 1.54) is 0 Å². The summed E-state index contributed by atoms with van der Waals surface area (Å²) in [7, 11) is 0. The van der Waals surface area contributed by atoms with Crippen LogP contribution < -0.4 is 0 Å². The van der Waals surface area contributed by atoms with Gasteiger partial charge in [0, 0.05) is 12.3 Å². The number of ketones is 1. The fraction of sp³-hybridized carbons (Fsp3) is 0.375. The molecule has 1 heteroatoms. The summed E-state index contributed by atoms with van der Waals surface area (Å²) in [5.74, 6) is 0.919. The Labute approximate surface area is 54.1 Å². The molecular formula is C8H8O. The number of rotatable bonds is 0. The van der Waals surface area contributed by atoms with Gasteiger partial charge in [0.05, 0.1) is 5.92 Å². The Morgan fingerprint density at radius 3 is 2.11 bits per heavy atom. The van der Waals surface area contributed by atoms with Gasteiger partial charge in [0.15, 0.2) is 0 Å². The first-order valence-corrected chi connectivity index (χ1v) is 3.25. The van der Waals surface area contributed by atoms with E-state index in [4.69, 9.17) is 0 Å². The molecule has 0 aromatic heterocycles. The van der Waals surface area contributed by atoms with E-state index >= 15 is 0 Å². The lowest BCUT2D eigenvalue weighted by Gasteiger charge is -2.22.